The van der Waals surface area contributed by atoms with Crippen molar-refractivity contribution in [3.8, 4) is 10.6 Å². The Balaban J connectivity index is 2.59. The summed E-state index contributed by atoms with van der Waals surface area (Å²) >= 11 is 1.72. The number of anilines is 1. The lowest BCUT2D eigenvalue weighted by Crippen LogP contribution is -1.91. The number of thiazole rings is 1. The molecule has 1 heterocycles. The van der Waals surface area contributed by atoms with E-state index in [9.17, 15) is 0 Å². The summed E-state index contributed by atoms with van der Waals surface area (Å²) < 4.78 is 0. The lowest BCUT2D eigenvalue weighted by molar-refractivity contribution is 1.23. The second kappa shape index (κ2) is 3.66. The molecule has 0 aliphatic carbocycles. The van der Waals surface area contributed by atoms with E-state index < -0.39 is 0 Å². The van der Waals surface area contributed by atoms with E-state index in [0.717, 1.165) is 27.5 Å². The van der Waals surface area contributed by atoms with Crippen molar-refractivity contribution in [2.45, 2.75) is 20.8 Å². The third kappa shape index (κ3) is 1.75. The van der Waals surface area contributed by atoms with E-state index in [1.165, 1.54) is 4.88 Å². The third-order valence-corrected chi connectivity index (χ3v) is 3.74. The molecule has 0 aliphatic rings. The molecule has 0 spiro atoms. The molecule has 0 fully saturated rings. The van der Waals surface area contributed by atoms with Crippen LogP contribution in [-0.4, -0.2) is 4.98 Å². The Morgan fingerprint density at radius 2 is 1.93 bits per heavy atom. The van der Waals surface area contributed by atoms with Gasteiger partial charge in [0.2, 0.25) is 0 Å². The number of nitrogens with two attached hydrogens (primary N) is 1. The van der Waals surface area contributed by atoms with Crippen LogP contribution in [0.2, 0.25) is 0 Å². The molecule has 2 aromatic rings. The van der Waals surface area contributed by atoms with E-state index >= 15 is 0 Å². The molecule has 2 rings (SSSR count). The van der Waals surface area contributed by atoms with Crippen LogP contribution in [0.1, 0.15) is 16.1 Å². The molecular formula is C12H14N2S. The fraction of sp³-hybridized carbons (Fsp3) is 0.250. The van der Waals surface area contributed by atoms with E-state index in [0.29, 0.717) is 0 Å². The summed E-state index contributed by atoms with van der Waals surface area (Å²) in [7, 11) is 0. The number of hydrogen-bond acceptors (Lipinski definition) is 3. The maximum Gasteiger partial charge on any atom is 0.124 e. The smallest absolute Gasteiger partial charge is 0.124 e. The monoisotopic (exact) mass is 218 g/mol. The average Bonchev–Trinajstić information content (AvgIpc) is 2.51. The second-order valence-corrected chi connectivity index (χ2v) is 4.88. The van der Waals surface area contributed by atoms with Crippen LogP contribution in [0.25, 0.3) is 10.6 Å². The van der Waals surface area contributed by atoms with Gasteiger partial charge < -0.3 is 5.73 Å². The molecule has 0 saturated carbocycles. The standard InChI is InChI=1S/C12H14N2S/c1-7-10(5-4-6-11(7)13)12-14-8(2)9(3)15-12/h4-6H,13H2,1-3H3. The number of hydrogen-bond donors (Lipinski definition) is 1. The summed E-state index contributed by atoms with van der Waals surface area (Å²) in [4.78, 5) is 5.82. The Morgan fingerprint density at radius 3 is 2.53 bits per heavy atom. The van der Waals surface area contributed by atoms with Crippen LogP contribution in [0.3, 0.4) is 0 Å². The molecule has 0 unspecified atom stereocenters. The molecule has 1 aromatic heterocycles. The van der Waals surface area contributed by atoms with Gasteiger partial charge >= 0.3 is 0 Å². The molecule has 0 aliphatic heterocycles. The molecule has 2 nitrogen and oxygen atoms in total. The van der Waals surface area contributed by atoms with Gasteiger partial charge in [0, 0.05) is 16.1 Å². The first-order valence-electron chi connectivity index (χ1n) is 4.89. The fourth-order valence-corrected chi connectivity index (χ4v) is 2.47. The number of aromatic nitrogens is 1. The fourth-order valence-electron chi connectivity index (χ4n) is 1.47. The number of aryl methyl sites for hydroxylation is 2. The summed E-state index contributed by atoms with van der Waals surface area (Å²) in [6, 6.07) is 5.97. The van der Waals surface area contributed by atoms with Crippen LogP contribution in [0.15, 0.2) is 18.2 Å². The SMILES string of the molecule is Cc1nc(-c2cccc(N)c2C)sc1C. The zero-order valence-electron chi connectivity index (χ0n) is 9.16. The van der Waals surface area contributed by atoms with Gasteiger partial charge in [-0.05, 0) is 32.4 Å². The number of nitrogens with zero attached hydrogens (tertiary/aromatic N) is 1. The first-order chi connectivity index (χ1) is 7.09. The van der Waals surface area contributed by atoms with Gasteiger partial charge in [0.1, 0.15) is 5.01 Å². The molecule has 0 radical (unpaired) electrons. The summed E-state index contributed by atoms with van der Waals surface area (Å²) in [5.41, 5.74) is 10.1. The molecule has 0 atom stereocenters. The normalized spacial score (nSPS) is 10.6. The Kier molecular flexibility index (Phi) is 2.49. The van der Waals surface area contributed by atoms with E-state index in [-0.39, 0.29) is 0 Å². The summed E-state index contributed by atoms with van der Waals surface area (Å²) in [5, 5.41) is 1.06. The molecule has 2 N–H and O–H groups in total. The van der Waals surface area contributed by atoms with Gasteiger partial charge in [-0.3, -0.25) is 0 Å². The Hall–Kier alpha value is -1.35. The highest BCUT2D eigenvalue weighted by Crippen LogP contribution is 2.31. The molecule has 1 aromatic carbocycles. The summed E-state index contributed by atoms with van der Waals surface area (Å²) in [5.74, 6) is 0. The molecule has 0 saturated heterocycles. The average molecular weight is 218 g/mol. The van der Waals surface area contributed by atoms with Gasteiger partial charge in [-0.2, -0.15) is 0 Å². The highest BCUT2D eigenvalue weighted by atomic mass is 32.1. The minimum Gasteiger partial charge on any atom is -0.398 e. The zero-order chi connectivity index (χ0) is 11.0. The van der Waals surface area contributed by atoms with Crippen LogP contribution in [-0.2, 0) is 0 Å². The van der Waals surface area contributed by atoms with Crippen LogP contribution in [0, 0.1) is 20.8 Å². The minimum atomic E-state index is 0.831. The Morgan fingerprint density at radius 1 is 1.20 bits per heavy atom. The van der Waals surface area contributed by atoms with E-state index in [1.54, 1.807) is 11.3 Å². The van der Waals surface area contributed by atoms with Gasteiger partial charge in [0.25, 0.3) is 0 Å². The first-order valence-corrected chi connectivity index (χ1v) is 5.70. The van der Waals surface area contributed by atoms with Crippen LogP contribution in [0.4, 0.5) is 5.69 Å². The molecule has 78 valence electrons. The van der Waals surface area contributed by atoms with Crippen molar-refractivity contribution in [1.82, 2.24) is 4.98 Å². The molecule has 0 amide bonds. The third-order valence-electron chi connectivity index (χ3n) is 2.63. The van der Waals surface area contributed by atoms with Crippen LogP contribution >= 0.6 is 11.3 Å². The van der Waals surface area contributed by atoms with E-state index in [1.807, 2.05) is 26.0 Å². The van der Waals surface area contributed by atoms with Gasteiger partial charge in [-0.15, -0.1) is 11.3 Å². The summed E-state index contributed by atoms with van der Waals surface area (Å²) in [6.45, 7) is 6.17. The van der Waals surface area contributed by atoms with Gasteiger partial charge in [-0.1, -0.05) is 12.1 Å². The number of benzene rings is 1. The second-order valence-electron chi connectivity index (χ2n) is 3.68. The van der Waals surface area contributed by atoms with Crippen molar-refractivity contribution >= 4 is 17.0 Å². The zero-order valence-corrected chi connectivity index (χ0v) is 9.98. The Labute approximate surface area is 93.8 Å². The molecule has 15 heavy (non-hydrogen) atoms. The maximum absolute atomic E-state index is 5.88. The quantitative estimate of drug-likeness (QED) is 0.746. The van der Waals surface area contributed by atoms with Crippen molar-refractivity contribution in [1.29, 1.82) is 0 Å². The maximum atomic E-state index is 5.88. The van der Waals surface area contributed by atoms with Crippen molar-refractivity contribution in [3.63, 3.8) is 0 Å². The minimum absolute atomic E-state index is 0.831. The van der Waals surface area contributed by atoms with Crippen molar-refractivity contribution in [2.24, 2.45) is 0 Å². The predicted molar refractivity (Wildman–Crippen MR) is 66.2 cm³/mol. The Bertz CT molecular complexity index is 481. The van der Waals surface area contributed by atoms with Gasteiger partial charge in [-0.25, -0.2) is 4.98 Å². The van der Waals surface area contributed by atoms with Crippen molar-refractivity contribution in [3.05, 3.63) is 34.3 Å². The van der Waals surface area contributed by atoms with Crippen molar-refractivity contribution in [2.75, 3.05) is 5.73 Å². The van der Waals surface area contributed by atoms with E-state index in [4.69, 9.17) is 5.73 Å². The topological polar surface area (TPSA) is 38.9 Å². The van der Waals surface area contributed by atoms with E-state index in [2.05, 4.69) is 18.0 Å². The number of nitrogen functional groups attached to an aromatic ring is 1. The highest BCUT2D eigenvalue weighted by Gasteiger charge is 2.09. The van der Waals surface area contributed by atoms with Crippen molar-refractivity contribution < 1.29 is 0 Å². The predicted octanol–water partition coefficient (Wildman–Crippen LogP) is 3.32. The number of rotatable bonds is 1. The lowest BCUT2D eigenvalue weighted by Gasteiger charge is -2.04. The van der Waals surface area contributed by atoms with Gasteiger partial charge in [0.15, 0.2) is 0 Å². The highest BCUT2D eigenvalue weighted by molar-refractivity contribution is 7.15. The van der Waals surface area contributed by atoms with Crippen LogP contribution in [0.5, 0.6) is 0 Å². The largest absolute Gasteiger partial charge is 0.398 e. The first kappa shape index (κ1) is 10.2. The van der Waals surface area contributed by atoms with Crippen LogP contribution < -0.4 is 5.73 Å². The molecule has 0 bridgehead atoms. The molecular weight excluding hydrogens is 204 g/mol. The lowest BCUT2D eigenvalue weighted by atomic mass is 10.1. The molecule has 3 heteroatoms. The summed E-state index contributed by atoms with van der Waals surface area (Å²) in [6.07, 6.45) is 0. The van der Waals surface area contributed by atoms with Gasteiger partial charge in [0.05, 0.1) is 5.69 Å².